The van der Waals surface area contributed by atoms with Crippen LogP contribution in [0.2, 0.25) is 0 Å². The highest BCUT2D eigenvalue weighted by Crippen LogP contribution is 2.43. The van der Waals surface area contributed by atoms with Crippen LogP contribution in [0.4, 0.5) is 0 Å². The van der Waals surface area contributed by atoms with E-state index >= 15 is 0 Å². The van der Waals surface area contributed by atoms with Crippen molar-refractivity contribution < 1.29 is 9.84 Å². The van der Waals surface area contributed by atoms with Gasteiger partial charge < -0.3 is 15.6 Å². The zero-order valence-electron chi connectivity index (χ0n) is 15.9. The molecule has 3 N–H and O–H groups in total. The van der Waals surface area contributed by atoms with Crippen LogP contribution >= 0.6 is 11.6 Å². The van der Waals surface area contributed by atoms with Crippen molar-refractivity contribution >= 4 is 22.5 Å². The molecule has 1 saturated carbocycles. The summed E-state index contributed by atoms with van der Waals surface area (Å²) in [5, 5.41) is 10.6. The minimum atomic E-state index is 0.296. The number of hydrogen-bond acceptors (Lipinski definition) is 4. The zero-order valence-corrected chi connectivity index (χ0v) is 16.7. The van der Waals surface area contributed by atoms with Gasteiger partial charge in [-0.3, -0.25) is 4.99 Å². The number of phenols is 1. The number of aryl methyl sites for hydroxylation is 1. The fourth-order valence-corrected chi connectivity index (χ4v) is 3.25. The third kappa shape index (κ3) is 4.28. The predicted octanol–water partition coefficient (Wildman–Crippen LogP) is 5.11. The highest BCUT2D eigenvalue weighted by atomic mass is 35.5. The van der Waals surface area contributed by atoms with Crippen molar-refractivity contribution in [3.8, 4) is 11.5 Å². The summed E-state index contributed by atoms with van der Waals surface area (Å²) in [4.78, 5) is 3.97. The Morgan fingerprint density at radius 1 is 1.30 bits per heavy atom. The smallest absolute Gasteiger partial charge is 0.128 e. The van der Waals surface area contributed by atoms with Gasteiger partial charge in [0.05, 0.1) is 0 Å². The molecule has 1 fully saturated rings. The second-order valence-electron chi connectivity index (χ2n) is 6.94. The van der Waals surface area contributed by atoms with Gasteiger partial charge in [0.2, 0.25) is 0 Å². The molecule has 0 spiro atoms. The molecule has 4 nitrogen and oxygen atoms in total. The van der Waals surface area contributed by atoms with Crippen molar-refractivity contribution in [2.75, 3.05) is 7.05 Å². The van der Waals surface area contributed by atoms with E-state index in [1.165, 1.54) is 18.4 Å². The van der Waals surface area contributed by atoms with Gasteiger partial charge in [0.25, 0.3) is 0 Å². The van der Waals surface area contributed by atoms with E-state index in [2.05, 4.69) is 11.1 Å². The monoisotopic (exact) mass is 384 g/mol. The molecule has 0 amide bonds. The Morgan fingerprint density at radius 3 is 2.67 bits per heavy atom. The van der Waals surface area contributed by atoms with Gasteiger partial charge >= 0.3 is 0 Å². The van der Waals surface area contributed by atoms with Gasteiger partial charge in [0.1, 0.15) is 23.3 Å². The zero-order chi connectivity index (χ0) is 19.6. The number of nitrogens with zero attached hydrogens (tertiary/aromatic N) is 1. The van der Waals surface area contributed by atoms with Gasteiger partial charge in [-0.25, -0.2) is 0 Å². The standard InChI is InChI=1S/C22H25ClN2O2/c1-13-11-16(21(24)14(2)22(23)25-3)9-10-20(13)27-12-18-17(15-7-8-15)5-4-6-19(18)26/h4-6,9-11,15,26H,7-8,12,24H2,1-3H3. The summed E-state index contributed by atoms with van der Waals surface area (Å²) < 4.78 is 6.02. The predicted molar refractivity (Wildman–Crippen MR) is 112 cm³/mol. The van der Waals surface area contributed by atoms with Crippen molar-refractivity contribution in [2.45, 2.75) is 39.2 Å². The van der Waals surface area contributed by atoms with E-state index in [9.17, 15) is 5.11 Å². The van der Waals surface area contributed by atoms with E-state index in [0.717, 1.165) is 28.0 Å². The number of aromatic hydroxyl groups is 1. The third-order valence-corrected chi connectivity index (χ3v) is 5.42. The van der Waals surface area contributed by atoms with Crippen LogP contribution in [-0.2, 0) is 6.61 Å². The van der Waals surface area contributed by atoms with Crippen molar-refractivity contribution in [1.82, 2.24) is 0 Å². The lowest BCUT2D eigenvalue weighted by Crippen LogP contribution is -2.05. The lowest BCUT2D eigenvalue weighted by molar-refractivity contribution is 0.295. The molecule has 142 valence electrons. The Hall–Kier alpha value is -2.46. The molecule has 0 heterocycles. The second-order valence-corrected chi connectivity index (χ2v) is 7.30. The number of hydrogen-bond donors (Lipinski definition) is 2. The average molecular weight is 385 g/mol. The maximum atomic E-state index is 10.2. The molecule has 3 rings (SSSR count). The average Bonchev–Trinajstić information content (AvgIpc) is 3.51. The number of allylic oxidation sites excluding steroid dienone is 1. The maximum Gasteiger partial charge on any atom is 0.128 e. The summed E-state index contributed by atoms with van der Waals surface area (Å²) in [7, 11) is 1.64. The van der Waals surface area contributed by atoms with Crippen molar-refractivity contribution in [2.24, 2.45) is 10.7 Å². The van der Waals surface area contributed by atoms with Gasteiger partial charge in [-0.05, 0) is 73.6 Å². The molecule has 0 bridgehead atoms. The summed E-state index contributed by atoms with van der Waals surface area (Å²) >= 11 is 6.07. The highest BCUT2D eigenvalue weighted by molar-refractivity contribution is 6.70. The van der Waals surface area contributed by atoms with Crippen LogP contribution in [0.25, 0.3) is 5.70 Å². The highest BCUT2D eigenvalue weighted by Gasteiger charge is 2.27. The molecule has 0 aromatic heterocycles. The van der Waals surface area contributed by atoms with Crippen molar-refractivity contribution in [1.29, 1.82) is 0 Å². The summed E-state index contributed by atoms with van der Waals surface area (Å²) in [5.41, 5.74) is 11.5. The normalized spacial score (nSPS) is 15.5. The van der Waals surface area contributed by atoms with Crippen molar-refractivity contribution in [3.63, 3.8) is 0 Å². The number of aliphatic imine (C=N–C) groups is 1. The van der Waals surface area contributed by atoms with Crippen LogP contribution in [0.3, 0.4) is 0 Å². The van der Waals surface area contributed by atoms with E-state index < -0.39 is 0 Å². The van der Waals surface area contributed by atoms with Crippen LogP contribution in [0.15, 0.2) is 47.0 Å². The topological polar surface area (TPSA) is 67.8 Å². The first-order valence-corrected chi connectivity index (χ1v) is 9.43. The number of rotatable bonds is 6. The molecule has 1 aliphatic carbocycles. The Balaban J connectivity index is 1.80. The maximum absolute atomic E-state index is 10.2. The van der Waals surface area contributed by atoms with Crippen LogP contribution in [-0.4, -0.2) is 17.3 Å². The van der Waals surface area contributed by atoms with E-state index in [1.54, 1.807) is 13.1 Å². The molecule has 2 aromatic rings. The van der Waals surface area contributed by atoms with Crippen LogP contribution in [0.1, 0.15) is 47.9 Å². The second kappa shape index (κ2) is 8.05. The molecule has 0 atom stereocenters. The lowest BCUT2D eigenvalue weighted by atomic mass is 10.0. The Bertz CT molecular complexity index is 915. The Labute approximate surface area is 165 Å². The summed E-state index contributed by atoms with van der Waals surface area (Å²) in [6.45, 7) is 4.17. The third-order valence-electron chi connectivity index (χ3n) is 4.97. The molecule has 5 heteroatoms. The minimum Gasteiger partial charge on any atom is -0.508 e. The number of halogens is 1. The molecule has 0 unspecified atom stereocenters. The van der Waals surface area contributed by atoms with Gasteiger partial charge in [-0.15, -0.1) is 0 Å². The van der Waals surface area contributed by atoms with Crippen LogP contribution in [0.5, 0.6) is 11.5 Å². The molecule has 0 saturated heterocycles. The Kier molecular flexibility index (Phi) is 5.76. The van der Waals surface area contributed by atoms with Gasteiger partial charge in [0.15, 0.2) is 0 Å². The first-order chi connectivity index (χ1) is 12.9. The van der Waals surface area contributed by atoms with E-state index in [0.29, 0.717) is 29.1 Å². The van der Waals surface area contributed by atoms with Gasteiger partial charge in [-0.2, -0.15) is 0 Å². The van der Waals surface area contributed by atoms with E-state index in [-0.39, 0.29) is 0 Å². The largest absolute Gasteiger partial charge is 0.508 e. The molecule has 0 aliphatic heterocycles. The Morgan fingerprint density at radius 2 is 2.04 bits per heavy atom. The number of benzene rings is 2. The van der Waals surface area contributed by atoms with Crippen LogP contribution < -0.4 is 10.5 Å². The van der Waals surface area contributed by atoms with E-state index in [1.807, 2.05) is 38.1 Å². The molecule has 27 heavy (non-hydrogen) atoms. The molecular formula is C22H25ClN2O2. The number of nitrogens with two attached hydrogens (primary N) is 1. The summed E-state index contributed by atoms with van der Waals surface area (Å²) in [6, 6.07) is 11.5. The van der Waals surface area contributed by atoms with Gasteiger partial charge in [-0.1, -0.05) is 23.7 Å². The molecular weight excluding hydrogens is 360 g/mol. The minimum absolute atomic E-state index is 0.296. The van der Waals surface area contributed by atoms with E-state index in [4.69, 9.17) is 22.1 Å². The number of phenolic OH excluding ortho intramolecular Hbond substituents is 1. The number of ether oxygens (including phenoxy) is 1. The molecule has 2 aromatic carbocycles. The molecule has 1 aliphatic rings. The first-order valence-electron chi connectivity index (χ1n) is 9.06. The summed E-state index contributed by atoms with van der Waals surface area (Å²) in [6.07, 6.45) is 2.36. The van der Waals surface area contributed by atoms with Crippen molar-refractivity contribution in [3.05, 3.63) is 64.2 Å². The SMILES string of the molecule is CN=C(Cl)C(C)=C(N)c1ccc(OCc2c(O)cccc2C2CC2)c(C)c1. The summed E-state index contributed by atoms with van der Waals surface area (Å²) in [5.74, 6) is 1.62. The fraction of sp³-hybridized carbons (Fsp3) is 0.318. The van der Waals surface area contributed by atoms with Crippen LogP contribution in [0, 0.1) is 6.92 Å². The van der Waals surface area contributed by atoms with Gasteiger partial charge in [0, 0.05) is 23.9 Å². The lowest BCUT2D eigenvalue weighted by Gasteiger charge is -2.15. The quantitative estimate of drug-likeness (QED) is 0.679. The molecule has 0 radical (unpaired) electrons. The fourth-order valence-electron chi connectivity index (χ4n) is 3.15. The first kappa shape index (κ1) is 19.3.